The smallest absolute Gasteiger partial charge is 0.253 e. The predicted octanol–water partition coefficient (Wildman–Crippen LogP) is 3.72. The van der Waals surface area contributed by atoms with E-state index in [0.717, 1.165) is 23.1 Å². The van der Waals surface area contributed by atoms with E-state index < -0.39 is 6.17 Å². The van der Waals surface area contributed by atoms with Gasteiger partial charge in [-0.3, -0.25) is 14.9 Å². The maximum absolute atomic E-state index is 13.5. The molecule has 2 aliphatic heterocycles. The number of hydrogen-bond acceptors (Lipinski definition) is 9. The summed E-state index contributed by atoms with van der Waals surface area (Å²) in [4.78, 5) is 51.1. The van der Waals surface area contributed by atoms with Crippen LogP contribution in [-0.2, 0) is 4.79 Å². The molecule has 12 heteroatoms. The molecule has 0 spiro atoms. The molecule has 0 radical (unpaired) electrons. The van der Waals surface area contributed by atoms with Crippen molar-refractivity contribution in [2.45, 2.75) is 57.3 Å². The fraction of sp³-hybridized carbons (Fsp3) is 0.500. The van der Waals surface area contributed by atoms with Gasteiger partial charge in [0.15, 0.2) is 0 Å². The third kappa shape index (κ3) is 6.92. The van der Waals surface area contributed by atoms with Crippen molar-refractivity contribution < 1.29 is 9.59 Å². The van der Waals surface area contributed by atoms with Gasteiger partial charge in [0.25, 0.3) is 5.91 Å². The quantitative estimate of drug-likeness (QED) is 0.141. The number of rotatable bonds is 11. The molecule has 0 bridgehead atoms. The minimum absolute atomic E-state index is 0.0865. The maximum Gasteiger partial charge on any atom is 0.253 e. The molecule has 3 atom stereocenters. The lowest BCUT2D eigenvalue weighted by molar-refractivity contribution is -0.127. The van der Waals surface area contributed by atoms with Crippen LogP contribution < -0.4 is 11.2 Å². The Morgan fingerprint density at radius 3 is 2.60 bits per heavy atom. The van der Waals surface area contributed by atoms with Crippen molar-refractivity contribution in [3.63, 3.8) is 0 Å². The molecule has 0 aromatic heterocycles. The summed E-state index contributed by atoms with van der Waals surface area (Å²) < 4.78 is 0. The molecule has 12 nitrogen and oxygen atoms in total. The summed E-state index contributed by atoms with van der Waals surface area (Å²) in [6.45, 7) is 4.13. The molecule has 1 aromatic carbocycles. The Kier molecular flexibility index (Phi) is 10.0. The Labute approximate surface area is 233 Å². The van der Waals surface area contributed by atoms with Gasteiger partial charge in [-0.1, -0.05) is 46.8 Å². The lowest BCUT2D eigenvalue weighted by atomic mass is 9.88. The second-order valence-electron chi connectivity index (χ2n) is 10.3. The summed E-state index contributed by atoms with van der Waals surface area (Å²) in [7, 11) is 0. The summed E-state index contributed by atoms with van der Waals surface area (Å²) in [5.74, 6) is 5.21. The minimum atomic E-state index is -0.472. The van der Waals surface area contributed by atoms with Crippen LogP contribution in [0.3, 0.4) is 0 Å². The predicted molar refractivity (Wildman–Crippen MR) is 152 cm³/mol. The number of fused-ring (bicyclic) bond motifs is 1. The number of amides is 2. The molecule has 212 valence electrons. The van der Waals surface area contributed by atoms with E-state index >= 15 is 0 Å². The van der Waals surface area contributed by atoms with Crippen LogP contribution in [0.1, 0.15) is 54.9 Å². The Balaban J connectivity index is 1.53. The van der Waals surface area contributed by atoms with Gasteiger partial charge < -0.3 is 15.6 Å². The van der Waals surface area contributed by atoms with Crippen LogP contribution in [0, 0.1) is 9.81 Å². The summed E-state index contributed by atoms with van der Waals surface area (Å²) in [6.07, 6.45) is 8.40. The van der Waals surface area contributed by atoms with Gasteiger partial charge in [-0.2, -0.15) is 14.9 Å². The van der Waals surface area contributed by atoms with Crippen LogP contribution in [-0.4, -0.2) is 72.6 Å². The zero-order chi connectivity index (χ0) is 28.5. The standard InChI is InChI=1S/C28H36N8O4/c1-2-12-35(13-3-11-30-39)28(38)23-15-22-9-8-21(16-25(22)31-26(17-23)32-34-29)19-4-6-20(7-5-19)27(37)36-14-10-24(18-36)33-40/h4-9,15,24-26,31H,2-3,10-14,16-18H2,1H3,(H2,29,32)/t24-,25?,26?/m1/s1. The number of allylic oxidation sites excluding steroid dienone is 2. The summed E-state index contributed by atoms with van der Waals surface area (Å²) in [5, 5.41) is 17.1. The molecule has 40 heavy (non-hydrogen) atoms. The monoisotopic (exact) mass is 548 g/mol. The van der Waals surface area contributed by atoms with E-state index in [4.69, 9.17) is 5.84 Å². The largest absolute Gasteiger partial charge is 0.339 e. The SMILES string of the molecule is CCCN(CCCN=O)C(=O)C1=CC2=CC=C(c3ccc(C(=O)N4CC[C@@H](N=O)C4)cc3)CC2NC(N=NN)C1. The molecule has 1 saturated heterocycles. The lowest BCUT2D eigenvalue weighted by Gasteiger charge is -2.25. The van der Waals surface area contributed by atoms with E-state index in [9.17, 15) is 19.4 Å². The highest BCUT2D eigenvalue weighted by molar-refractivity contribution is 5.95. The molecule has 3 N–H and O–H groups in total. The molecule has 1 aromatic rings. The van der Waals surface area contributed by atoms with E-state index in [1.807, 2.05) is 49.4 Å². The first kappa shape index (κ1) is 28.9. The topological polar surface area (TPSA) is 162 Å². The number of nitrogens with one attached hydrogen (secondary N) is 1. The maximum atomic E-state index is 13.5. The number of nitrogens with two attached hydrogens (primary N) is 1. The van der Waals surface area contributed by atoms with E-state index in [0.29, 0.717) is 63.0 Å². The molecular formula is C28H36N8O4. The van der Waals surface area contributed by atoms with Gasteiger partial charge in [0.1, 0.15) is 12.2 Å². The second-order valence-corrected chi connectivity index (χ2v) is 10.3. The number of hydrogen-bond donors (Lipinski definition) is 2. The van der Waals surface area contributed by atoms with Crippen molar-refractivity contribution in [1.82, 2.24) is 15.1 Å². The van der Waals surface area contributed by atoms with Crippen LogP contribution in [0.2, 0.25) is 0 Å². The van der Waals surface area contributed by atoms with E-state index in [-0.39, 0.29) is 30.4 Å². The molecule has 0 saturated carbocycles. The number of nitrogens with zero attached hydrogens (tertiary/aromatic N) is 6. The summed E-state index contributed by atoms with van der Waals surface area (Å²) in [6, 6.07) is 7.04. The van der Waals surface area contributed by atoms with Gasteiger partial charge in [0.2, 0.25) is 5.91 Å². The third-order valence-electron chi connectivity index (χ3n) is 7.49. The van der Waals surface area contributed by atoms with Gasteiger partial charge >= 0.3 is 0 Å². The van der Waals surface area contributed by atoms with Crippen LogP contribution in [0.4, 0.5) is 0 Å². The molecule has 2 heterocycles. The van der Waals surface area contributed by atoms with Crippen LogP contribution in [0.25, 0.3) is 5.57 Å². The minimum Gasteiger partial charge on any atom is -0.339 e. The average Bonchev–Trinajstić information content (AvgIpc) is 3.38. The molecule has 3 aliphatic rings. The number of likely N-dealkylation sites (tertiary alicyclic amines) is 1. The lowest BCUT2D eigenvalue weighted by Crippen LogP contribution is -2.39. The molecule has 2 amide bonds. The van der Waals surface area contributed by atoms with Gasteiger partial charge in [-0.25, -0.2) is 0 Å². The zero-order valence-electron chi connectivity index (χ0n) is 22.7. The normalized spacial score (nSPS) is 22.6. The molecule has 4 rings (SSSR count). The molecule has 1 aliphatic carbocycles. The number of nitroso groups, excluding NO2 is 2. The highest BCUT2D eigenvalue weighted by Crippen LogP contribution is 2.32. The van der Waals surface area contributed by atoms with Crippen LogP contribution >= 0.6 is 0 Å². The highest BCUT2D eigenvalue weighted by Gasteiger charge is 2.31. The Bertz CT molecular complexity index is 1220. The van der Waals surface area contributed by atoms with E-state index in [1.165, 1.54) is 0 Å². The van der Waals surface area contributed by atoms with Crippen LogP contribution in [0.15, 0.2) is 74.3 Å². The first-order valence-corrected chi connectivity index (χ1v) is 13.7. The van der Waals surface area contributed by atoms with Gasteiger partial charge in [-0.05, 0) is 60.6 Å². The number of benzene rings is 1. The first-order valence-electron chi connectivity index (χ1n) is 13.7. The summed E-state index contributed by atoms with van der Waals surface area (Å²) >= 11 is 0. The fourth-order valence-electron chi connectivity index (χ4n) is 5.44. The van der Waals surface area contributed by atoms with Crippen molar-refractivity contribution in [2.24, 2.45) is 26.5 Å². The number of carbonyl (C=O) groups is 2. The van der Waals surface area contributed by atoms with Gasteiger partial charge in [-0.15, -0.1) is 0 Å². The van der Waals surface area contributed by atoms with Crippen LogP contribution in [0.5, 0.6) is 0 Å². The fourth-order valence-corrected chi connectivity index (χ4v) is 5.44. The Morgan fingerprint density at radius 2 is 1.93 bits per heavy atom. The van der Waals surface area contributed by atoms with Crippen molar-refractivity contribution >= 4 is 17.4 Å². The van der Waals surface area contributed by atoms with Crippen molar-refractivity contribution in [1.29, 1.82) is 0 Å². The zero-order valence-corrected chi connectivity index (χ0v) is 22.7. The molecule has 1 fully saturated rings. The van der Waals surface area contributed by atoms with Crippen molar-refractivity contribution in [3.8, 4) is 0 Å². The Morgan fingerprint density at radius 1 is 1.12 bits per heavy atom. The van der Waals surface area contributed by atoms with Gasteiger partial charge in [0.05, 0.1) is 6.54 Å². The van der Waals surface area contributed by atoms with Gasteiger partial charge in [0, 0.05) is 49.8 Å². The van der Waals surface area contributed by atoms with Crippen molar-refractivity contribution in [2.75, 3.05) is 32.7 Å². The second kappa shape index (κ2) is 13.8. The van der Waals surface area contributed by atoms with E-state index in [2.05, 4.69) is 26.0 Å². The summed E-state index contributed by atoms with van der Waals surface area (Å²) in [5.41, 5.74) is 4.21. The molecule has 2 unspecified atom stereocenters. The first-order chi connectivity index (χ1) is 19.5. The Hall–Kier alpha value is -4.06. The average molecular weight is 549 g/mol. The third-order valence-corrected chi connectivity index (χ3v) is 7.49. The highest BCUT2D eigenvalue weighted by atomic mass is 16.3. The molecular weight excluding hydrogens is 512 g/mol. The van der Waals surface area contributed by atoms with Crippen molar-refractivity contribution in [3.05, 3.63) is 74.6 Å². The number of carbonyl (C=O) groups excluding carboxylic acids is 2. The van der Waals surface area contributed by atoms with E-state index in [1.54, 1.807) is 9.80 Å².